The van der Waals surface area contributed by atoms with Crippen LogP contribution in [0.25, 0.3) is 39.3 Å². The Kier molecular flexibility index (Phi) is 4.62. The summed E-state index contributed by atoms with van der Waals surface area (Å²) in [6.07, 6.45) is -1.75. The molecule has 0 amide bonds. The van der Waals surface area contributed by atoms with Gasteiger partial charge in [0.15, 0.2) is 16.9 Å². The Morgan fingerprint density at radius 3 is 2.58 bits per heavy atom. The minimum absolute atomic E-state index is 0.224. The molecule has 0 radical (unpaired) electrons. The van der Waals surface area contributed by atoms with Crippen molar-refractivity contribution in [2.45, 2.75) is 13.3 Å². The molecule has 0 aliphatic carbocycles. The fourth-order valence-corrected chi connectivity index (χ4v) is 3.46. The summed E-state index contributed by atoms with van der Waals surface area (Å²) in [5, 5.41) is 4.63. The van der Waals surface area contributed by atoms with E-state index in [2.05, 4.69) is 24.8 Å². The van der Waals surface area contributed by atoms with E-state index in [-0.39, 0.29) is 22.4 Å². The number of pyridine rings is 1. The highest BCUT2D eigenvalue weighted by Gasteiger charge is 2.31. The van der Waals surface area contributed by atoms with Crippen LogP contribution in [-0.2, 0) is 0 Å². The third-order valence-corrected chi connectivity index (χ3v) is 5.03. The number of aromatic nitrogens is 5. The fraction of sp³-hybridized carbons (Fsp3) is 0.0909. The number of nitrogens with zero attached hydrogens (tertiary/aromatic N) is 4. The highest BCUT2D eigenvalue weighted by atomic mass is 19.4. The third-order valence-electron chi connectivity index (χ3n) is 5.03. The van der Waals surface area contributed by atoms with Crippen LogP contribution in [0.1, 0.15) is 5.56 Å². The molecule has 0 aliphatic heterocycles. The van der Waals surface area contributed by atoms with Crippen molar-refractivity contribution >= 4 is 16.6 Å². The van der Waals surface area contributed by atoms with Crippen molar-refractivity contribution in [1.82, 2.24) is 24.6 Å². The summed E-state index contributed by atoms with van der Waals surface area (Å²) in [7, 11) is 0. The topological polar surface area (TPSA) is 85.2 Å². The molecule has 1 N–H and O–H groups in total. The van der Waals surface area contributed by atoms with Gasteiger partial charge >= 0.3 is 6.36 Å². The van der Waals surface area contributed by atoms with Gasteiger partial charge in [-0.05, 0) is 49.4 Å². The molecule has 0 saturated heterocycles. The summed E-state index contributed by atoms with van der Waals surface area (Å²) < 4.78 is 55.9. The van der Waals surface area contributed by atoms with Crippen LogP contribution in [0.2, 0.25) is 0 Å². The maximum atomic E-state index is 13.5. The summed E-state index contributed by atoms with van der Waals surface area (Å²) in [5.74, 6) is -0.614. The zero-order valence-corrected chi connectivity index (χ0v) is 16.8. The molecule has 5 rings (SSSR count). The van der Waals surface area contributed by atoms with Crippen LogP contribution in [0.5, 0.6) is 5.75 Å². The van der Waals surface area contributed by atoms with Gasteiger partial charge in [-0.1, -0.05) is 0 Å². The fourth-order valence-electron chi connectivity index (χ4n) is 3.46. The Bertz CT molecular complexity index is 1570. The Balaban J connectivity index is 1.53. The van der Waals surface area contributed by atoms with Crippen LogP contribution in [0.3, 0.4) is 0 Å². The highest BCUT2D eigenvalue weighted by Crippen LogP contribution is 2.26. The summed E-state index contributed by atoms with van der Waals surface area (Å²) in [5.41, 5.74) is 2.20. The lowest BCUT2D eigenvalue weighted by Gasteiger charge is -2.09. The first-order valence-corrected chi connectivity index (χ1v) is 9.59. The van der Waals surface area contributed by atoms with Gasteiger partial charge in [0.25, 0.3) is 0 Å². The van der Waals surface area contributed by atoms with Crippen molar-refractivity contribution in [1.29, 1.82) is 0 Å². The number of hydrogen-bond acceptors (Lipinski definition) is 5. The number of benzene rings is 2. The largest absolute Gasteiger partial charge is 0.573 e. The van der Waals surface area contributed by atoms with E-state index in [4.69, 9.17) is 0 Å². The molecule has 3 heterocycles. The van der Waals surface area contributed by atoms with Crippen molar-refractivity contribution in [2.24, 2.45) is 0 Å². The highest BCUT2D eigenvalue weighted by molar-refractivity contribution is 5.82. The van der Waals surface area contributed by atoms with Gasteiger partial charge in [0, 0.05) is 16.5 Å². The molecule has 5 aromatic rings. The number of ether oxygens (including phenoxy) is 1. The third kappa shape index (κ3) is 3.88. The summed E-state index contributed by atoms with van der Waals surface area (Å²) in [4.78, 5) is 24.5. The summed E-state index contributed by atoms with van der Waals surface area (Å²) in [6.45, 7) is 1.60. The predicted octanol–water partition coefficient (Wildman–Crippen LogP) is 4.65. The van der Waals surface area contributed by atoms with Crippen LogP contribution in [0.15, 0.2) is 59.7 Å². The van der Waals surface area contributed by atoms with E-state index < -0.39 is 12.2 Å². The molecule has 0 atom stereocenters. The predicted molar refractivity (Wildman–Crippen MR) is 111 cm³/mol. The molecular weight excluding hydrogens is 442 g/mol. The Morgan fingerprint density at radius 1 is 1.09 bits per heavy atom. The second kappa shape index (κ2) is 7.40. The second-order valence-electron chi connectivity index (χ2n) is 7.23. The first-order chi connectivity index (χ1) is 15.7. The Hall–Kier alpha value is -4.28. The standard InChI is InChI=1S/C22H13F4N5O2/c1-11-19(28-16-7-4-13(23)8-15(16)20(11)32)21-29-18-9-27-17(10-31(18)30-21)12-2-5-14(6-3-12)33-22(24,25)26/h2-10H,1H3,(H,28,32). The van der Waals surface area contributed by atoms with Gasteiger partial charge < -0.3 is 9.72 Å². The average Bonchev–Trinajstić information content (AvgIpc) is 3.19. The molecule has 7 nitrogen and oxygen atoms in total. The number of H-pyrrole nitrogens is 1. The number of aromatic amines is 1. The Labute approximate surface area is 182 Å². The molecular formula is C22H13F4N5O2. The van der Waals surface area contributed by atoms with Gasteiger partial charge in [-0.3, -0.25) is 9.78 Å². The van der Waals surface area contributed by atoms with Gasteiger partial charge in [0.05, 0.1) is 29.3 Å². The van der Waals surface area contributed by atoms with Crippen LogP contribution < -0.4 is 10.2 Å². The zero-order valence-electron chi connectivity index (χ0n) is 16.8. The van der Waals surface area contributed by atoms with Crippen molar-refractivity contribution in [2.75, 3.05) is 0 Å². The molecule has 0 bridgehead atoms. The lowest BCUT2D eigenvalue weighted by Crippen LogP contribution is -2.16. The van der Waals surface area contributed by atoms with E-state index in [1.807, 2.05) is 0 Å². The average molecular weight is 455 g/mol. The normalized spacial score (nSPS) is 11.9. The van der Waals surface area contributed by atoms with Crippen molar-refractivity contribution in [3.63, 3.8) is 0 Å². The van der Waals surface area contributed by atoms with E-state index in [1.165, 1.54) is 53.2 Å². The van der Waals surface area contributed by atoms with Gasteiger partial charge in [0.1, 0.15) is 11.6 Å². The van der Waals surface area contributed by atoms with Crippen LogP contribution >= 0.6 is 0 Å². The molecule has 3 aromatic heterocycles. The van der Waals surface area contributed by atoms with E-state index in [1.54, 1.807) is 13.1 Å². The van der Waals surface area contributed by atoms with Gasteiger partial charge in [-0.25, -0.2) is 13.9 Å². The van der Waals surface area contributed by atoms with E-state index >= 15 is 0 Å². The molecule has 11 heteroatoms. The number of alkyl halides is 3. The van der Waals surface area contributed by atoms with Crippen molar-refractivity contribution in [3.05, 3.63) is 76.5 Å². The summed E-state index contributed by atoms with van der Waals surface area (Å²) in [6, 6.07) is 9.14. The summed E-state index contributed by atoms with van der Waals surface area (Å²) >= 11 is 0. The van der Waals surface area contributed by atoms with E-state index in [9.17, 15) is 22.4 Å². The quantitative estimate of drug-likeness (QED) is 0.401. The van der Waals surface area contributed by atoms with Gasteiger partial charge in [-0.15, -0.1) is 18.3 Å². The van der Waals surface area contributed by atoms with Crippen LogP contribution in [-0.4, -0.2) is 30.9 Å². The number of halogens is 4. The van der Waals surface area contributed by atoms with E-state index in [0.29, 0.717) is 33.7 Å². The van der Waals surface area contributed by atoms with Crippen LogP contribution in [0.4, 0.5) is 17.6 Å². The molecule has 166 valence electrons. The number of nitrogens with one attached hydrogen (secondary N) is 1. The molecule has 0 spiro atoms. The Morgan fingerprint density at radius 2 is 1.85 bits per heavy atom. The molecule has 33 heavy (non-hydrogen) atoms. The van der Waals surface area contributed by atoms with Crippen molar-refractivity contribution in [3.8, 4) is 28.5 Å². The molecule has 0 unspecified atom stereocenters. The molecule has 0 aliphatic rings. The lowest BCUT2D eigenvalue weighted by atomic mass is 10.1. The first kappa shape index (κ1) is 20.6. The second-order valence-corrected chi connectivity index (χ2v) is 7.23. The SMILES string of the molecule is Cc1c(-c2nc3cnc(-c4ccc(OC(F)(F)F)cc4)cn3n2)[nH]c2ccc(F)cc2c1=O. The maximum Gasteiger partial charge on any atom is 0.573 e. The van der Waals surface area contributed by atoms with Gasteiger partial charge in [-0.2, -0.15) is 0 Å². The number of fused-ring (bicyclic) bond motifs is 2. The molecule has 0 fully saturated rings. The number of rotatable bonds is 3. The molecule has 2 aromatic carbocycles. The van der Waals surface area contributed by atoms with E-state index in [0.717, 1.165) is 0 Å². The van der Waals surface area contributed by atoms with Gasteiger partial charge in [0.2, 0.25) is 0 Å². The first-order valence-electron chi connectivity index (χ1n) is 9.59. The van der Waals surface area contributed by atoms with Crippen LogP contribution in [0, 0.1) is 12.7 Å². The maximum absolute atomic E-state index is 13.5. The zero-order chi connectivity index (χ0) is 23.3. The number of hydrogen-bond donors (Lipinski definition) is 1. The minimum atomic E-state index is -4.77. The van der Waals surface area contributed by atoms with Crippen molar-refractivity contribution < 1.29 is 22.3 Å². The lowest BCUT2D eigenvalue weighted by molar-refractivity contribution is -0.274. The molecule has 0 saturated carbocycles. The minimum Gasteiger partial charge on any atom is -0.406 e. The smallest absolute Gasteiger partial charge is 0.406 e. The monoisotopic (exact) mass is 455 g/mol.